The fourth-order valence-electron chi connectivity index (χ4n) is 2.84. The molecule has 1 aromatic carbocycles. The molecule has 2 atom stereocenters. The van der Waals surface area contributed by atoms with E-state index in [0.717, 1.165) is 31.4 Å². The Balaban J connectivity index is 1.83. The van der Waals surface area contributed by atoms with E-state index in [1.54, 1.807) is 0 Å². The van der Waals surface area contributed by atoms with Crippen LogP contribution in [-0.4, -0.2) is 47.7 Å². The summed E-state index contributed by atoms with van der Waals surface area (Å²) in [6.07, 6.45) is 2.89. The quantitative estimate of drug-likeness (QED) is 0.840. The lowest BCUT2D eigenvalue weighted by atomic mass is 9.96. The van der Waals surface area contributed by atoms with Crippen molar-refractivity contribution in [3.05, 3.63) is 35.9 Å². The van der Waals surface area contributed by atoms with Gasteiger partial charge in [0.25, 0.3) is 0 Å². The van der Waals surface area contributed by atoms with Crippen LogP contribution in [-0.2, 0) is 16.1 Å². The molecule has 1 heterocycles. The van der Waals surface area contributed by atoms with Crippen LogP contribution in [0.1, 0.15) is 31.2 Å². The molecular weight excluding hydrogens is 296 g/mol. The largest absolute Gasteiger partial charge is 0.480 e. The zero-order valence-corrected chi connectivity index (χ0v) is 13.4. The Morgan fingerprint density at radius 1 is 1.35 bits per heavy atom. The minimum atomic E-state index is -1.03. The van der Waals surface area contributed by atoms with Gasteiger partial charge in [-0.1, -0.05) is 36.8 Å². The van der Waals surface area contributed by atoms with Gasteiger partial charge in [0.2, 0.25) is 0 Å². The Morgan fingerprint density at radius 2 is 2.09 bits per heavy atom. The molecule has 0 aliphatic carbocycles. The number of benzene rings is 1. The van der Waals surface area contributed by atoms with Crippen molar-refractivity contribution in [1.29, 1.82) is 0 Å². The van der Waals surface area contributed by atoms with Gasteiger partial charge in [-0.2, -0.15) is 0 Å². The third-order valence-corrected chi connectivity index (χ3v) is 4.23. The van der Waals surface area contributed by atoms with E-state index in [1.807, 2.05) is 37.4 Å². The molecule has 0 aromatic heterocycles. The summed E-state index contributed by atoms with van der Waals surface area (Å²) in [6.45, 7) is 1.10. The van der Waals surface area contributed by atoms with Crippen LogP contribution in [0.3, 0.4) is 0 Å². The first-order valence-corrected chi connectivity index (χ1v) is 7.96. The molecule has 0 bridgehead atoms. The first-order chi connectivity index (χ1) is 11.1. The van der Waals surface area contributed by atoms with Crippen LogP contribution in [0.5, 0.6) is 0 Å². The van der Waals surface area contributed by atoms with E-state index in [0.29, 0.717) is 6.42 Å². The molecule has 1 aliphatic rings. The monoisotopic (exact) mass is 320 g/mol. The van der Waals surface area contributed by atoms with Crippen LogP contribution in [0.4, 0.5) is 4.79 Å². The second-order valence-corrected chi connectivity index (χ2v) is 5.96. The number of rotatable bonds is 6. The lowest BCUT2D eigenvalue weighted by Gasteiger charge is -2.34. The standard InChI is InChI=1S/C17H24N2O4/c1-19-10-6-5-9-14(19)11-15(16(20)21)18-17(22)23-12-13-7-3-2-4-8-13/h2-4,7-8,14-15H,5-6,9-12H2,1H3,(H,18,22)(H,20,21). The van der Waals surface area contributed by atoms with E-state index in [2.05, 4.69) is 10.2 Å². The number of nitrogens with one attached hydrogen (secondary N) is 1. The fraction of sp³-hybridized carbons (Fsp3) is 0.529. The molecule has 0 saturated carbocycles. The molecule has 6 nitrogen and oxygen atoms in total. The van der Waals surface area contributed by atoms with Gasteiger partial charge in [-0.15, -0.1) is 0 Å². The van der Waals surface area contributed by atoms with Crippen LogP contribution in [0, 0.1) is 0 Å². The number of carboxylic acid groups (broad SMARTS) is 1. The van der Waals surface area contributed by atoms with Gasteiger partial charge in [0.05, 0.1) is 0 Å². The average molecular weight is 320 g/mol. The third-order valence-electron chi connectivity index (χ3n) is 4.23. The molecule has 1 aliphatic heterocycles. The van der Waals surface area contributed by atoms with Gasteiger partial charge in [-0.05, 0) is 38.4 Å². The van der Waals surface area contributed by atoms with Crippen molar-refractivity contribution in [2.75, 3.05) is 13.6 Å². The van der Waals surface area contributed by atoms with E-state index >= 15 is 0 Å². The number of carbonyl (C=O) groups excluding carboxylic acids is 1. The number of carboxylic acids is 1. The van der Waals surface area contributed by atoms with Crippen LogP contribution >= 0.6 is 0 Å². The van der Waals surface area contributed by atoms with Crippen molar-refractivity contribution >= 4 is 12.1 Å². The molecule has 23 heavy (non-hydrogen) atoms. The molecule has 1 fully saturated rings. The summed E-state index contributed by atoms with van der Waals surface area (Å²) in [5, 5.41) is 11.8. The van der Waals surface area contributed by atoms with Crippen molar-refractivity contribution < 1.29 is 19.4 Å². The number of likely N-dealkylation sites (tertiary alicyclic amines) is 1. The van der Waals surface area contributed by atoms with Crippen LogP contribution in [0.2, 0.25) is 0 Å². The summed E-state index contributed by atoms with van der Waals surface area (Å²) in [5.74, 6) is -1.03. The van der Waals surface area contributed by atoms with Gasteiger partial charge in [0.1, 0.15) is 12.6 Å². The fourth-order valence-corrected chi connectivity index (χ4v) is 2.84. The van der Waals surface area contributed by atoms with Crippen molar-refractivity contribution in [1.82, 2.24) is 10.2 Å². The molecule has 1 aromatic rings. The smallest absolute Gasteiger partial charge is 0.408 e. The molecule has 126 valence electrons. The van der Waals surface area contributed by atoms with E-state index in [4.69, 9.17) is 4.74 Å². The summed E-state index contributed by atoms with van der Waals surface area (Å²) in [5.41, 5.74) is 0.863. The number of alkyl carbamates (subject to hydrolysis) is 1. The van der Waals surface area contributed by atoms with E-state index in [-0.39, 0.29) is 12.6 Å². The highest BCUT2D eigenvalue weighted by atomic mass is 16.5. The summed E-state index contributed by atoms with van der Waals surface area (Å²) in [6, 6.07) is 8.54. The second-order valence-electron chi connectivity index (χ2n) is 5.96. The average Bonchev–Trinajstić information content (AvgIpc) is 2.55. The lowest BCUT2D eigenvalue weighted by Crippen LogP contribution is -2.47. The molecule has 2 N–H and O–H groups in total. The predicted molar refractivity (Wildman–Crippen MR) is 86.1 cm³/mol. The third kappa shape index (κ3) is 5.56. The zero-order chi connectivity index (χ0) is 16.7. The summed E-state index contributed by atoms with van der Waals surface area (Å²) < 4.78 is 5.10. The summed E-state index contributed by atoms with van der Waals surface area (Å²) >= 11 is 0. The number of piperidine rings is 1. The van der Waals surface area contributed by atoms with E-state index < -0.39 is 18.1 Å². The van der Waals surface area contributed by atoms with Crippen LogP contribution in [0.15, 0.2) is 30.3 Å². The summed E-state index contributed by atoms with van der Waals surface area (Å²) in [4.78, 5) is 25.4. The van der Waals surface area contributed by atoms with Gasteiger partial charge in [0, 0.05) is 6.04 Å². The Hall–Kier alpha value is -2.08. The normalized spacial score (nSPS) is 19.8. The molecular formula is C17H24N2O4. The minimum absolute atomic E-state index is 0.127. The number of ether oxygens (including phenoxy) is 1. The maximum atomic E-state index is 11.8. The van der Waals surface area contributed by atoms with E-state index in [9.17, 15) is 14.7 Å². The molecule has 2 unspecified atom stereocenters. The maximum Gasteiger partial charge on any atom is 0.408 e. The highest BCUT2D eigenvalue weighted by molar-refractivity contribution is 5.79. The predicted octanol–water partition coefficient (Wildman–Crippen LogP) is 2.24. The molecule has 1 amide bonds. The SMILES string of the molecule is CN1CCCCC1CC(NC(=O)OCc1ccccc1)C(=O)O. The summed E-state index contributed by atoms with van der Waals surface area (Å²) in [7, 11) is 2.00. The number of carbonyl (C=O) groups is 2. The second kappa shape index (κ2) is 8.53. The lowest BCUT2D eigenvalue weighted by molar-refractivity contribution is -0.140. The number of hydrogen-bond donors (Lipinski definition) is 2. The van der Waals surface area contributed by atoms with Gasteiger partial charge >= 0.3 is 12.1 Å². The van der Waals surface area contributed by atoms with Crippen molar-refractivity contribution in [2.24, 2.45) is 0 Å². The molecule has 2 rings (SSSR count). The van der Waals surface area contributed by atoms with Crippen LogP contribution < -0.4 is 5.32 Å². The number of nitrogens with zero attached hydrogens (tertiary/aromatic N) is 1. The minimum Gasteiger partial charge on any atom is -0.480 e. The van der Waals surface area contributed by atoms with Gasteiger partial charge in [-0.25, -0.2) is 9.59 Å². The van der Waals surface area contributed by atoms with Gasteiger partial charge in [0.15, 0.2) is 0 Å². The van der Waals surface area contributed by atoms with Gasteiger partial charge in [-0.3, -0.25) is 0 Å². The van der Waals surface area contributed by atoms with Crippen LogP contribution in [0.25, 0.3) is 0 Å². The van der Waals surface area contributed by atoms with Crippen molar-refractivity contribution in [3.63, 3.8) is 0 Å². The Labute approximate surface area is 136 Å². The first kappa shape index (κ1) is 17.3. The zero-order valence-electron chi connectivity index (χ0n) is 13.4. The van der Waals surface area contributed by atoms with E-state index in [1.165, 1.54) is 0 Å². The first-order valence-electron chi connectivity index (χ1n) is 7.96. The van der Waals surface area contributed by atoms with Crippen molar-refractivity contribution in [2.45, 2.75) is 44.4 Å². The number of amides is 1. The highest BCUT2D eigenvalue weighted by Crippen LogP contribution is 2.19. The topological polar surface area (TPSA) is 78.9 Å². The van der Waals surface area contributed by atoms with Gasteiger partial charge < -0.3 is 20.1 Å². The molecule has 0 spiro atoms. The number of hydrogen-bond acceptors (Lipinski definition) is 4. The highest BCUT2D eigenvalue weighted by Gasteiger charge is 2.28. The van der Waals surface area contributed by atoms with Crippen molar-refractivity contribution in [3.8, 4) is 0 Å². The Bertz CT molecular complexity index is 521. The molecule has 6 heteroatoms. The molecule has 0 radical (unpaired) electrons. The maximum absolute atomic E-state index is 11.8. The number of aliphatic carboxylic acids is 1. The molecule has 1 saturated heterocycles. The Kier molecular flexibility index (Phi) is 6.40. The Morgan fingerprint density at radius 3 is 2.74 bits per heavy atom.